The number of rotatable bonds is 4. The first-order chi connectivity index (χ1) is 10.5. The third kappa shape index (κ3) is 2.75. The highest BCUT2D eigenvalue weighted by atomic mass is 16.4. The van der Waals surface area contributed by atoms with Gasteiger partial charge in [0.05, 0.1) is 0 Å². The Morgan fingerprint density at radius 3 is 2.41 bits per heavy atom. The smallest absolute Gasteiger partial charge is 0.339 e. The quantitative estimate of drug-likeness (QED) is 0.737. The number of benzene rings is 2. The van der Waals surface area contributed by atoms with Gasteiger partial charge >= 0.3 is 5.97 Å². The fraction of sp³-hybridized carbons (Fsp3) is 0.211. The number of carboxylic acids is 1. The van der Waals surface area contributed by atoms with Crippen LogP contribution in [0.4, 0.5) is 0 Å². The number of fused-ring (bicyclic) bond motifs is 1. The van der Waals surface area contributed by atoms with Crippen molar-refractivity contribution < 1.29 is 14.3 Å². The molecule has 3 aromatic rings. The molecular weight excluding hydrogens is 276 g/mol. The zero-order chi connectivity index (χ0) is 15.7. The number of hydrogen-bond acceptors (Lipinski definition) is 2. The fourth-order valence-corrected chi connectivity index (χ4v) is 2.68. The van der Waals surface area contributed by atoms with Crippen LogP contribution in [0.15, 0.2) is 53.1 Å². The van der Waals surface area contributed by atoms with Crippen LogP contribution in [-0.2, 0) is 6.42 Å². The zero-order valence-corrected chi connectivity index (χ0v) is 12.7. The molecule has 1 aromatic heterocycles. The van der Waals surface area contributed by atoms with Crippen molar-refractivity contribution in [3.63, 3.8) is 0 Å². The monoisotopic (exact) mass is 294 g/mol. The number of furan rings is 1. The number of carboxylic acid groups (broad SMARTS) is 1. The molecule has 0 fully saturated rings. The Morgan fingerprint density at radius 1 is 1.09 bits per heavy atom. The van der Waals surface area contributed by atoms with Crippen LogP contribution >= 0.6 is 0 Å². The van der Waals surface area contributed by atoms with Gasteiger partial charge in [-0.3, -0.25) is 0 Å². The summed E-state index contributed by atoms with van der Waals surface area (Å²) in [6, 6.07) is 14.1. The highest BCUT2D eigenvalue weighted by Gasteiger charge is 2.13. The zero-order valence-electron chi connectivity index (χ0n) is 12.7. The first-order valence-electron chi connectivity index (χ1n) is 7.38. The molecule has 2 aromatic carbocycles. The van der Waals surface area contributed by atoms with Gasteiger partial charge in [0, 0.05) is 5.39 Å². The second kappa shape index (κ2) is 5.68. The number of hydrogen-bond donors (Lipinski definition) is 1. The Hall–Kier alpha value is -2.55. The third-order valence-electron chi connectivity index (χ3n) is 3.74. The van der Waals surface area contributed by atoms with Crippen LogP contribution in [0.2, 0.25) is 0 Å². The largest absolute Gasteiger partial charge is 0.478 e. The molecule has 0 spiro atoms. The summed E-state index contributed by atoms with van der Waals surface area (Å²) in [4.78, 5) is 11.1. The van der Waals surface area contributed by atoms with Crippen LogP contribution in [-0.4, -0.2) is 11.1 Å². The van der Waals surface area contributed by atoms with Gasteiger partial charge in [0.25, 0.3) is 0 Å². The summed E-state index contributed by atoms with van der Waals surface area (Å²) < 4.78 is 5.37. The van der Waals surface area contributed by atoms with Crippen LogP contribution in [0.1, 0.15) is 29.8 Å². The van der Waals surface area contributed by atoms with Crippen LogP contribution in [0.5, 0.6) is 0 Å². The topological polar surface area (TPSA) is 50.4 Å². The van der Waals surface area contributed by atoms with E-state index in [9.17, 15) is 4.79 Å². The van der Waals surface area contributed by atoms with E-state index in [0.717, 1.165) is 17.5 Å². The number of aromatic carboxylic acids is 1. The van der Waals surface area contributed by atoms with Gasteiger partial charge in [-0.25, -0.2) is 4.79 Å². The SMILES string of the molecule is CC(C)Cc1ccc(-c2ccc3c(C(=O)O)coc3c2)cc1. The van der Waals surface area contributed by atoms with Gasteiger partial charge in [-0.2, -0.15) is 0 Å². The number of carbonyl (C=O) groups is 1. The van der Waals surface area contributed by atoms with Crippen molar-refractivity contribution in [2.24, 2.45) is 5.92 Å². The molecule has 1 N–H and O–H groups in total. The van der Waals surface area contributed by atoms with Gasteiger partial charge in [0.1, 0.15) is 17.4 Å². The molecule has 0 amide bonds. The van der Waals surface area contributed by atoms with E-state index in [2.05, 4.69) is 38.1 Å². The van der Waals surface area contributed by atoms with E-state index in [0.29, 0.717) is 16.9 Å². The Morgan fingerprint density at radius 2 is 1.77 bits per heavy atom. The Kier molecular flexibility index (Phi) is 3.72. The summed E-state index contributed by atoms with van der Waals surface area (Å²) in [5, 5.41) is 9.73. The summed E-state index contributed by atoms with van der Waals surface area (Å²) in [6.45, 7) is 4.41. The standard InChI is InChI=1S/C19H18O3/c1-12(2)9-13-3-5-14(6-4-13)15-7-8-16-17(19(20)21)11-22-18(16)10-15/h3-8,10-12H,9H2,1-2H3,(H,20,21). The lowest BCUT2D eigenvalue weighted by molar-refractivity contribution is 0.0698. The van der Waals surface area contributed by atoms with Crippen molar-refractivity contribution >= 4 is 16.9 Å². The highest BCUT2D eigenvalue weighted by molar-refractivity contribution is 6.03. The maximum Gasteiger partial charge on any atom is 0.339 e. The van der Waals surface area contributed by atoms with Gasteiger partial charge < -0.3 is 9.52 Å². The molecular formula is C19H18O3. The summed E-state index contributed by atoms with van der Waals surface area (Å²) in [5.74, 6) is -0.329. The van der Waals surface area contributed by atoms with Crippen LogP contribution in [0.3, 0.4) is 0 Å². The van der Waals surface area contributed by atoms with E-state index in [1.807, 2.05) is 12.1 Å². The molecule has 0 aliphatic carbocycles. The van der Waals surface area contributed by atoms with E-state index < -0.39 is 5.97 Å². The van der Waals surface area contributed by atoms with Crippen LogP contribution < -0.4 is 0 Å². The average Bonchev–Trinajstić information content (AvgIpc) is 2.90. The van der Waals surface area contributed by atoms with E-state index in [1.165, 1.54) is 11.8 Å². The molecule has 0 radical (unpaired) electrons. The summed E-state index contributed by atoms with van der Waals surface area (Å²) in [5.41, 5.74) is 4.25. The molecule has 112 valence electrons. The summed E-state index contributed by atoms with van der Waals surface area (Å²) in [6.07, 6.45) is 2.36. The minimum absolute atomic E-state index is 0.203. The maximum absolute atomic E-state index is 11.1. The second-order valence-electron chi connectivity index (χ2n) is 5.96. The van der Waals surface area contributed by atoms with Gasteiger partial charge in [-0.1, -0.05) is 44.2 Å². The van der Waals surface area contributed by atoms with Crippen molar-refractivity contribution in [3.05, 3.63) is 59.9 Å². The van der Waals surface area contributed by atoms with Gasteiger partial charge in [-0.15, -0.1) is 0 Å². The average molecular weight is 294 g/mol. The molecule has 3 rings (SSSR count). The molecule has 0 saturated heterocycles. The first kappa shape index (κ1) is 14.4. The second-order valence-corrected chi connectivity index (χ2v) is 5.96. The molecule has 1 heterocycles. The van der Waals surface area contributed by atoms with Gasteiger partial charge in [-0.05, 0) is 41.2 Å². The molecule has 22 heavy (non-hydrogen) atoms. The molecule has 0 unspecified atom stereocenters. The lowest BCUT2D eigenvalue weighted by Gasteiger charge is -2.07. The van der Waals surface area contributed by atoms with Gasteiger partial charge in [0.15, 0.2) is 0 Å². The van der Waals surface area contributed by atoms with Crippen molar-refractivity contribution in [1.82, 2.24) is 0 Å². The predicted octanol–water partition coefficient (Wildman–Crippen LogP) is 5.00. The maximum atomic E-state index is 11.1. The lowest BCUT2D eigenvalue weighted by atomic mass is 9.98. The third-order valence-corrected chi connectivity index (χ3v) is 3.74. The summed E-state index contributed by atoms with van der Waals surface area (Å²) in [7, 11) is 0. The Balaban J connectivity index is 1.95. The van der Waals surface area contributed by atoms with Gasteiger partial charge in [0.2, 0.25) is 0 Å². The van der Waals surface area contributed by atoms with E-state index in [1.54, 1.807) is 6.07 Å². The Bertz CT molecular complexity index is 810. The van der Waals surface area contributed by atoms with E-state index >= 15 is 0 Å². The predicted molar refractivity (Wildman–Crippen MR) is 87.2 cm³/mol. The van der Waals surface area contributed by atoms with Crippen molar-refractivity contribution in [2.75, 3.05) is 0 Å². The fourth-order valence-electron chi connectivity index (χ4n) is 2.68. The molecule has 3 nitrogen and oxygen atoms in total. The minimum atomic E-state index is -0.968. The summed E-state index contributed by atoms with van der Waals surface area (Å²) >= 11 is 0. The minimum Gasteiger partial charge on any atom is -0.478 e. The van der Waals surface area contributed by atoms with Crippen LogP contribution in [0.25, 0.3) is 22.1 Å². The van der Waals surface area contributed by atoms with Crippen molar-refractivity contribution in [2.45, 2.75) is 20.3 Å². The molecule has 0 aliphatic heterocycles. The molecule has 3 heteroatoms. The first-order valence-corrected chi connectivity index (χ1v) is 7.38. The highest BCUT2D eigenvalue weighted by Crippen LogP contribution is 2.28. The van der Waals surface area contributed by atoms with E-state index in [-0.39, 0.29) is 5.56 Å². The molecule has 0 atom stereocenters. The lowest BCUT2D eigenvalue weighted by Crippen LogP contribution is -1.94. The Labute approximate surface area is 129 Å². The molecule has 0 aliphatic rings. The molecule has 0 saturated carbocycles. The normalized spacial score (nSPS) is 11.2. The molecule has 0 bridgehead atoms. The van der Waals surface area contributed by atoms with E-state index in [4.69, 9.17) is 9.52 Å². The van der Waals surface area contributed by atoms with Crippen molar-refractivity contribution in [3.8, 4) is 11.1 Å². The van der Waals surface area contributed by atoms with Crippen LogP contribution in [0, 0.1) is 5.92 Å². The van der Waals surface area contributed by atoms with Crippen molar-refractivity contribution in [1.29, 1.82) is 0 Å².